The molecule has 2 saturated carbocycles. The van der Waals surface area contributed by atoms with E-state index in [4.69, 9.17) is 5.11 Å². The third kappa shape index (κ3) is 1.21. The first-order valence-corrected chi connectivity index (χ1v) is 5.08. The number of carboxylic acid groups (broad SMARTS) is 1. The van der Waals surface area contributed by atoms with E-state index in [0.29, 0.717) is 18.9 Å². The molecule has 1 N–H and O–H groups in total. The van der Waals surface area contributed by atoms with Crippen LogP contribution in [0.4, 0.5) is 0 Å². The first kappa shape index (κ1) is 9.49. The van der Waals surface area contributed by atoms with Crippen LogP contribution in [0.15, 0.2) is 0 Å². The van der Waals surface area contributed by atoms with Gasteiger partial charge in [-0.2, -0.15) is 0 Å². The van der Waals surface area contributed by atoms with Gasteiger partial charge in [-0.1, -0.05) is 6.42 Å². The molecule has 4 nitrogen and oxygen atoms in total. The first-order valence-electron chi connectivity index (χ1n) is 5.08. The summed E-state index contributed by atoms with van der Waals surface area (Å²) in [6.45, 7) is 0. The number of nitrogens with zero attached hydrogens (tertiary/aromatic N) is 1. The molecule has 0 atom stereocenters. The fraction of sp³-hybridized carbons (Fsp3) is 0.800. The van der Waals surface area contributed by atoms with Crippen molar-refractivity contribution in [1.29, 1.82) is 0 Å². The number of aliphatic carboxylic acids is 1. The molecular weight excluding hydrogens is 182 g/mol. The van der Waals surface area contributed by atoms with E-state index >= 15 is 0 Å². The lowest BCUT2D eigenvalue weighted by atomic mass is 9.68. The number of amides is 1. The number of hydrogen-bond acceptors (Lipinski definition) is 2. The van der Waals surface area contributed by atoms with Crippen molar-refractivity contribution in [2.45, 2.75) is 38.1 Å². The summed E-state index contributed by atoms with van der Waals surface area (Å²) in [5, 5.41) is 9.06. The Hall–Kier alpha value is -1.06. The van der Waals surface area contributed by atoms with Crippen molar-refractivity contribution in [1.82, 2.24) is 4.90 Å². The van der Waals surface area contributed by atoms with E-state index in [0.717, 1.165) is 19.3 Å². The van der Waals surface area contributed by atoms with Crippen molar-refractivity contribution < 1.29 is 14.7 Å². The molecule has 0 heterocycles. The third-order valence-electron chi connectivity index (χ3n) is 3.44. The van der Waals surface area contributed by atoms with Crippen LogP contribution in [0.2, 0.25) is 0 Å². The number of carboxylic acids is 1. The van der Waals surface area contributed by atoms with E-state index in [1.54, 1.807) is 11.9 Å². The van der Waals surface area contributed by atoms with E-state index in [-0.39, 0.29) is 5.91 Å². The van der Waals surface area contributed by atoms with Gasteiger partial charge in [0.05, 0.1) is 0 Å². The Morgan fingerprint density at radius 3 is 2.21 bits per heavy atom. The Bertz CT molecular complexity index is 279. The van der Waals surface area contributed by atoms with E-state index in [2.05, 4.69) is 0 Å². The maximum Gasteiger partial charge on any atom is 0.319 e. The highest BCUT2D eigenvalue weighted by atomic mass is 16.4. The third-order valence-corrected chi connectivity index (χ3v) is 3.44. The van der Waals surface area contributed by atoms with Gasteiger partial charge in [0.2, 0.25) is 5.91 Å². The van der Waals surface area contributed by atoms with Crippen LogP contribution in [0, 0.1) is 5.41 Å². The Labute approximate surface area is 82.9 Å². The second-order valence-corrected chi connectivity index (χ2v) is 4.39. The highest BCUT2D eigenvalue weighted by Crippen LogP contribution is 2.44. The number of hydrogen-bond donors (Lipinski definition) is 1. The number of rotatable bonds is 3. The second-order valence-electron chi connectivity index (χ2n) is 4.39. The molecule has 0 bridgehead atoms. The SMILES string of the molecule is CN(C(=O)C1(C(=O)O)CCC1)C1CC1. The molecule has 2 aliphatic rings. The molecule has 0 aromatic carbocycles. The molecule has 1 amide bonds. The Balaban J connectivity index is 2.11. The van der Waals surface area contributed by atoms with Gasteiger partial charge in [0.1, 0.15) is 5.41 Å². The largest absolute Gasteiger partial charge is 0.480 e. The van der Waals surface area contributed by atoms with Gasteiger partial charge >= 0.3 is 5.97 Å². The summed E-state index contributed by atoms with van der Waals surface area (Å²) in [5.74, 6) is -1.12. The van der Waals surface area contributed by atoms with Crippen LogP contribution < -0.4 is 0 Å². The van der Waals surface area contributed by atoms with Gasteiger partial charge < -0.3 is 10.0 Å². The summed E-state index contributed by atoms with van der Waals surface area (Å²) in [5.41, 5.74) is -1.07. The Morgan fingerprint density at radius 1 is 1.36 bits per heavy atom. The summed E-state index contributed by atoms with van der Waals surface area (Å²) in [6, 6.07) is 0.305. The lowest BCUT2D eigenvalue weighted by Gasteiger charge is -2.38. The van der Waals surface area contributed by atoms with Gasteiger partial charge in [0, 0.05) is 13.1 Å². The maximum absolute atomic E-state index is 11.9. The second kappa shape index (κ2) is 2.97. The summed E-state index contributed by atoms with van der Waals surface area (Å²) in [7, 11) is 1.73. The van der Waals surface area contributed by atoms with Crippen molar-refractivity contribution in [3.05, 3.63) is 0 Å². The topological polar surface area (TPSA) is 57.6 Å². The van der Waals surface area contributed by atoms with Crippen molar-refractivity contribution in [2.75, 3.05) is 7.05 Å². The Morgan fingerprint density at radius 2 is 1.93 bits per heavy atom. The van der Waals surface area contributed by atoms with Crippen LogP contribution in [0.3, 0.4) is 0 Å². The molecular formula is C10H15NO3. The minimum absolute atomic E-state index is 0.182. The Kier molecular flexibility index (Phi) is 2.01. The van der Waals surface area contributed by atoms with Crippen molar-refractivity contribution in [2.24, 2.45) is 5.41 Å². The summed E-state index contributed by atoms with van der Waals surface area (Å²) < 4.78 is 0. The van der Waals surface area contributed by atoms with E-state index in [1.165, 1.54) is 0 Å². The first-order chi connectivity index (χ1) is 6.58. The highest BCUT2D eigenvalue weighted by molar-refractivity contribution is 6.02. The predicted octanol–water partition coefficient (Wildman–Crippen LogP) is 0.862. The zero-order valence-electron chi connectivity index (χ0n) is 8.32. The van der Waals surface area contributed by atoms with Crippen molar-refractivity contribution in [3.63, 3.8) is 0 Å². The lowest BCUT2D eigenvalue weighted by molar-refractivity contribution is -0.167. The van der Waals surface area contributed by atoms with Crippen LogP contribution in [0.5, 0.6) is 0 Å². The molecule has 0 aromatic heterocycles. The summed E-state index contributed by atoms with van der Waals surface area (Å²) >= 11 is 0. The van der Waals surface area contributed by atoms with Crippen molar-refractivity contribution in [3.8, 4) is 0 Å². The zero-order chi connectivity index (χ0) is 10.3. The van der Waals surface area contributed by atoms with Gasteiger partial charge in [-0.15, -0.1) is 0 Å². The smallest absolute Gasteiger partial charge is 0.319 e. The van der Waals surface area contributed by atoms with Gasteiger partial charge in [-0.25, -0.2) is 0 Å². The quantitative estimate of drug-likeness (QED) is 0.683. The van der Waals surface area contributed by atoms with Crippen molar-refractivity contribution >= 4 is 11.9 Å². The van der Waals surface area contributed by atoms with Gasteiger partial charge in [0.15, 0.2) is 0 Å². The minimum atomic E-state index is -1.07. The van der Waals surface area contributed by atoms with Gasteiger partial charge in [-0.05, 0) is 25.7 Å². The molecule has 0 aromatic rings. The maximum atomic E-state index is 11.9. The molecule has 78 valence electrons. The van der Waals surface area contributed by atoms with Gasteiger partial charge in [0.25, 0.3) is 0 Å². The number of carbonyl (C=O) groups is 2. The van der Waals surface area contributed by atoms with Crippen LogP contribution >= 0.6 is 0 Å². The van der Waals surface area contributed by atoms with Crippen LogP contribution in [-0.2, 0) is 9.59 Å². The fourth-order valence-electron chi connectivity index (χ4n) is 2.01. The van der Waals surface area contributed by atoms with E-state index in [9.17, 15) is 9.59 Å². The standard InChI is InChI=1S/C10H15NO3/c1-11(7-3-4-7)8(12)10(9(13)14)5-2-6-10/h7H,2-6H2,1H3,(H,13,14). The molecule has 0 unspecified atom stereocenters. The van der Waals surface area contributed by atoms with E-state index < -0.39 is 11.4 Å². The monoisotopic (exact) mass is 197 g/mol. The van der Waals surface area contributed by atoms with Crippen LogP contribution in [-0.4, -0.2) is 35.0 Å². The average molecular weight is 197 g/mol. The van der Waals surface area contributed by atoms with Gasteiger partial charge in [-0.3, -0.25) is 9.59 Å². The number of carbonyl (C=O) groups excluding carboxylic acids is 1. The summed E-state index contributed by atoms with van der Waals surface area (Å²) in [4.78, 5) is 24.6. The molecule has 0 aliphatic heterocycles. The lowest BCUT2D eigenvalue weighted by Crippen LogP contribution is -2.52. The summed E-state index contributed by atoms with van der Waals surface area (Å²) in [6.07, 6.45) is 3.93. The molecule has 0 saturated heterocycles. The highest BCUT2D eigenvalue weighted by Gasteiger charge is 2.53. The molecule has 0 spiro atoms. The fourth-order valence-corrected chi connectivity index (χ4v) is 2.01. The van der Waals surface area contributed by atoms with E-state index in [1.807, 2.05) is 0 Å². The normalized spacial score (nSPS) is 23.8. The average Bonchev–Trinajstić information content (AvgIpc) is 2.81. The van der Waals surface area contributed by atoms with Crippen LogP contribution in [0.25, 0.3) is 0 Å². The molecule has 4 heteroatoms. The molecule has 0 radical (unpaired) electrons. The molecule has 2 aliphatic carbocycles. The zero-order valence-corrected chi connectivity index (χ0v) is 8.32. The minimum Gasteiger partial charge on any atom is -0.480 e. The predicted molar refractivity (Wildman–Crippen MR) is 49.7 cm³/mol. The molecule has 2 rings (SSSR count). The molecule has 14 heavy (non-hydrogen) atoms. The molecule has 2 fully saturated rings. The van der Waals surface area contributed by atoms with Crippen LogP contribution in [0.1, 0.15) is 32.1 Å².